The van der Waals surface area contributed by atoms with E-state index < -0.39 is 5.82 Å². The average molecular weight is 234 g/mol. The van der Waals surface area contributed by atoms with Crippen molar-refractivity contribution in [2.24, 2.45) is 0 Å². The van der Waals surface area contributed by atoms with Crippen molar-refractivity contribution in [3.05, 3.63) is 35.8 Å². The molecule has 3 nitrogen and oxygen atoms in total. The molecule has 0 fully saturated rings. The van der Waals surface area contributed by atoms with Crippen molar-refractivity contribution in [3.8, 4) is 0 Å². The smallest absolute Gasteiger partial charge is 0.215 e. The molecule has 1 aromatic heterocycles. The molecule has 90 valence electrons. The molecule has 0 spiro atoms. The van der Waals surface area contributed by atoms with Gasteiger partial charge in [-0.25, -0.2) is 9.37 Å². The second-order valence-electron chi connectivity index (χ2n) is 4.18. The summed E-state index contributed by atoms with van der Waals surface area (Å²) in [6.45, 7) is 0.558. The van der Waals surface area contributed by atoms with Gasteiger partial charge in [0.2, 0.25) is 6.41 Å². The van der Waals surface area contributed by atoms with Crippen LogP contribution in [0.4, 0.5) is 10.2 Å². The number of nitrogens with zero attached hydrogens (tertiary/aromatic N) is 2. The Labute approximate surface area is 100.0 Å². The molecular weight excluding hydrogens is 219 g/mol. The number of anilines is 1. The van der Waals surface area contributed by atoms with Crippen LogP contribution >= 0.6 is 0 Å². The molecule has 0 N–H and O–H groups in total. The molecule has 0 saturated heterocycles. The number of hydrogen-bond donors (Lipinski definition) is 0. The number of hydrogen-bond acceptors (Lipinski definition) is 2. The highest BCUT2D eigenvalue weighted by atomic mass is 19.1. The lowest BCUT2D eigenvalue weighted by Gasteiger charge is -2.20. The largest absolute Gasteiger partial charge is 0.295 e. The molecule has 1 amide bonds. The number of rotatable bonds is 4. The van der Waals surface area contributed by atoms with Gasteiger partial charge in [-0.05, 0) is 37.8 Å². The maximum Gasteiger partial charge on any atom is 0.215 e. The summed E-state index contributed by atoms with van der Waals surface area (Å²) in [6, 6.07) is 2.83. The van der Waals surface area contributed by atoms with Crippen molar-refractivity contribution >= 4 is 12.2 Å². The van der Waals surface area contributed by atoms with Gasteiger partial charge in [0.05, 0.1) is 6.20 Å². The van der Waals surface area contributed by atoms with Crippen LogP contribution in [0.15, 0.2) is 30.0 Å². The molecule has 1 aromatic rings. The molecule has 0 radical (unpaired) electrons. The zero-order valence-corrected chi connectivity index (χ0v) is 9.60. The van der Waals surface area contributed by atoms with Gasteiger partial charge < -0.3 is 0 Å². The standard InChI is InChI=1S/C13H15FN2O/c14-12-6-7-13(15-8-12)16(10-17)9-11-4-2-1-3-5-11/h4,6-8,10H,1-3,5,9H2. The Balaban J connectivity index is 2.08. The highest BCUT2D eigenvalue weighted by Gasteiger charge is 2.11. The summed E-state index contributed by atoms with van der Waals surface area (Å²) >= 11 is 0. The maximum atomic E-state index is 12.7. The minimum absolute atomic E-state index is 0.392. The topological polar surface area (TPSA) is 33.2 Å². The van der Waals surface area contributed by atoms with Gasteiger partial charge >= 0.3 is 0 Å². The van der Waals surface area contributed by atoms with E-state index in [1.54, 1.807) is 0 Å². The second kappa shape index (κ2) is 5.57. The monoisotopic (exact) mass is 234 g/mol. The van der Waals surface area contributed by atoms with Crippen LogP contribution in [-0.2, 0) is 4.79 Å². The van der Waals surface area contributed by atoms with Crippen LogP contribution in [0.1, 0.15) is 25.7 Å². The molecule has 0 atom stereocenters. The Morgan fingerprint density at radius 2 is 2.29 bits per heavy atom. The molecule has 0 saturated carbocycles. The third-order valence-electron chi connectivity index (χ3n) is 2.89. The van der Waals surface area contributed by atoms with E-state index in [0.29, 0.717) is 12.4 Å². The van der Waals surface area contributed by atoms with Gasteiger partial charge in [0.25, 0.3) is 0 Å². The fourth-order valence-electron chi connectivity index (χ4n) is 1.98. The lowest BCUT2D eigenvalue weighted by Crippen LogP contribution is -2.25. The van der Waals surface area contributed by atoms with Crippen molar-refractivity contribution in [1.29, 1.82) is 0 Å². The van der Waals surface area contributed by atoms with Crippen molar-refractivity contribution in [2.75, 3.05) is 11.4 Å². The molecule has 17 heavy (non-hydrogen) atoms. The van der Waals surface area contributed by atoms with Gasteiger partial charge in [-0.15, -0.1) is 0 Å². The zero-order chi connectivity index (χ0) is 12.1. The number of amides is 1. The minimum Gasteiger partial charge on any atom is -0.295 e. The molecule has 0 aliphatic heterocycles. The Bertz CT molecular complexity index is 414. The molecule has 1 aliphatic carbocycles. The number of halogens is 1. The van der Waals surface area contributed by atoms with Crippen molar-refractivity contribution in [2.45, 2.75) is 25.7 Å². The number of carbonyl (C=O) groups excluding carboxylic acids is 1. The van der Waals surface area contributed by atoms with E-state index in [0.717, 1.165) is 25.4 Å². The quantitative estimate of drug-likeness (QED) is 0.592. The number of carbonyl (C=O) groups is 1. The third kappa shape index (κ3) is 3.12. The summed E-state index contributed by atoms with van der Waals surface area (Å²) in [5.41, 5.74) is 1.26. The Kier molecular flexibility index (Phi) is 3.85. The molecule has 4 heteroatoms. The van der Waals surface area contributed by atoms with Crippen LogP contribution in [0, 0.1) is 5.82 Å². The van der Waals surface area contributed by atoms with Crippen LogP contribution in [0.3, 0.4) is 0 Å². The Morgan fingerprint density at radius 3 is 2.88 bits per heavy atom. The predicted molar refractivity (Wildman–Crippen MR) is 64.2 cm³/mol. The first-order valence-corrected chi connectivity index (χ1v) is 5.81. The van der Waals surface area contributed by atoms with Crippen LogP contribution < -0.4 is 4.90 Å². The Hall–Kier alpha value is -1.71. The number of allylic oxidation sites excluding steroid dienone is 1. The van der Waals surface area contributed by atoms with Crippen LogP contribution in [0.5, 0.6) is 0 Å². The first-order valence-electron chi connectivity index (χ1n) is 5.81. The lowest BCUT2D eigenvalue weighted by atomic mass is 9.99. The van der Waals surface area contributed by atoms with Crippen molar-refractivity contribution in [3.63, 3.8) is 0 Å². The summed E-state index contributed by atoms with van der Waals surface area (Å²) < 4.78 is 12.7. The molecule has 1 aliphatic rings. The first-order chi connectivity index (χ1) is 8.29. The summed E-state index contributed by atoms with van der Waals surface area (Å²) in [4.78, 5) is 16.4. The Morgan fingerprint density at radius 1 is 1.41 bits per heavy atom. The van der Waals surface area contributed by atoms with E-state index in [2.05, 4.69) is 11.1 Å². The van der Waals surface area contributed by atoms with E-state index in [4.69, 9.17) is 0 Å². The zero-order valence-electron chi connectivity index (χ0n) is 9.60. The third-order valence-corrected chi connectivity index (χ3v) is 2.89. The fraction of sp³-hybridized carbons (Fsp3) is 0.385. The van der Waals surface area contributed by atoms with Crippen LogP contribution in [-0.4, -0.2) is 17.9 Å². The summed E-state index contributed by atoms with van der Waals surface area (Å²) in [6.07, 6.45) is 8.57. The first kappa shape index (κ1) is 11.8. The van der Waals surface area contributed by atoms with Gasteiger partial charge in [-0.3, -0.25) is 9.69 Å². The molecule has 2 rings (SSSR count). The summed E-state index contributed by atoms with van der Waals surface area (Å²) in [5.74, 6) is 0.101. The fourth-order valence-corrected chi connectivity index (χ4v) is 1.98. The van der Waals surface area contributed by atoms with E-state index in [-0.39, 0.29) is 0 Å². The van der Waals surface area contributed by atoms with Crippen molar-refractivity contribution in [1.82, 2.24) is 4.98 Å². The molecule has 0 unspecified atom stereocenters. The van der Waals surface area contributed by atoms with Gasteiger partial charge in [-0.1, -0.05) is 11.6 Å². The average Bonchev–Trinajstić information content (AvgIpc) is 2.38. The van der Waals surface area contributed by atoms with Gasteiger partial charge in [0.15, 0.2) is 0 Å². The normalized spacial score (nSPS) is 15.2. The molecule has 0 bridgehead atoms. The van der Waals surface area contributed by atoms with Crippen molar-refractivity contribution < 1.29 is 9.18 Å². The SMILES string of the molecule is O=CN(CC1=CCCCC1)c1ccc(F)cn1. The summed E-state index contributed by atoms with van der Waals surface area (Å²) in [5, 5.41) is 0. The van der Waals surface area contributed by atoms with E-state index in [9.17, 15) is 9.18 Å². The van der Waals surface area contributed by atoms with E-state index in [1.807, 2.05) is 0 Å². The predicted octanol–water partition coefficient (Wildman–Crippen LogP) is 2.68. The van der Waals surface area contributed by atoms with Gasteiger partial charge in [0, 0.05) is 6.54 Å². The molecule has 0 aromatic carbocycles. The second-order valence-corrected chi connectivity index (χ2v) is 4.18. The maximum absolute atomic E-state index is 12.7. The van der Waals surface area contributed by atoms with E-state index >= 15 is 0 Å². The number of aromatic nitrogens is 1. The van der Waals surface area contributed by atoms with Crippen LogP contribution in [0.2, 0.25) is 0 Å². The number of pyridine rings is 1. The summed E-state index contributed by atoms with van der Waals surface area (Å²) in [7, 11) is 0. The molecular formula is C13H15FN2O. The lowest BCUT2D eigenvalue weighted by molar-refractivity contribution is -0.107. The van der Waals surface area contributed by atoms with Gasteiger partial charge in [0.1, 0.15) is 11.6 Å². The van der Waals surface area contributed by atoms with E-state index in [1.165, 1.54) is 35.4 Å². The highest BCUT2D eigenvalue weighted by molar-refractivity contribution is 5.73. The highest BCUT2D eigenvalue weighted by Crippen LogP contribution is 2.19. The van der Waals surface area contributed by atoms with Crippen LogP contribution in [0.25, 0.3) is 0 Å². The minimum atomic E-state index is -0.392. The molecule has 1 heterocycles. The van der Waals surface area contributed by atoms with Gasteiger partial charge in [-0.2, -0.15) is 0 Å².